The van der Waals surface area contributed by atoms with E-state index >= 15 is 0 Å². The number of rotatable bonds is 11. The van der Waals surface area contributed by atoms with Gasteiger partial charge in [0.1, 0.15) is 12.2 Å². The van der Waals surface area contributed by atoms with E-state index in [-0.39, 0.29) is 18.8 Å². The first-order valence-corrected chi connectivity index (χ1v) is 5.50. The SMILES string of the molecule is C=C[C@@H]1O[C@H]1COCCOCCOCCO. The largest absolute Gasteiger partial charge is 0.394 e. The average Bonchev–Trinajstić information content (AvgIpc) is 3.05. The van der Waals surface area contributed by atoms with Crippen molar-refractivity contribution in [3.8, 4) is 0 Å². The molecule has 0 saturated carbocycles. The van der Waals surface area contributed by atoms with E-state index in [2.05, 4.69) is 6.58 Å². The second kappa shape index (κ2) is 8.66. The third-order valence-electron chi connectivity index (χ3n) is 2.12. The summed E-state index contributed by atoms with van der Waals surface area (Å²) in [5.74, 6) is 0. The van der Waals surface area contributed by atoms with Gasteiger partial charge in [0.05, 0.1) is 46.2 Å². The Labute approximate surface area is 95.9 Å². The van der Waals surface area contributed by atoms with Crippen LogP contribution in [0.1, 0.15) is 0 Å². The zero-order valence-corrected chi connectivity index (χ0v) is 9.47. The fourth-order valence-electron chi connectivity index (χ4n) is 1.20. The van der Waals surface area contributed by atoms with Crippen molar-refractivity contribution < 1.29 is 24.1 Å². The van der Waals surface area contributed by atoms with Crippen molar-refractivity contribution in [3.05, 3.63) is 12.7 Å². The average molecular weight is 232 g/mol. The van der Waals surface area contributed by atoms with Crippen molar-refractivity contribution in [2.24, 2.45) is 0 Å². The van der Waals surface area contributed by atoms with Crippen LogP contribution >= 0.6 is 0 Å². The van der Waals surface area contributed by atoms with Gasteiger partial charge in [0.25, 0.3) is 0 Å². The van der Waals surface area contributed by atoms with Crippen molar-refractivity contribution in [2.45, 2.75) is 12.2 Å². The molecular weight excluding hydrogens is 212 g/mol. The minimum absolute atomic E-state index is 0.0506. The smallest absolute Gasteiger partial charge is 0.111 e. The number of ether oxygens (including phenoxy) is 4. The number of hydrogen-bond donors (Lipinski definition) is 1. The molecule has 94 valence electrons. The van der Waals surface area contributed by atoms with Gasteiger partial charge in [-0.1, -0.05) is 6.08 Å². The number of epoxide rings is 1. The van der Waals surface area contributed by atoms with E-state index in [1.165, 1.54) is 0 Å². The van der Waals surface area contributed by atoms with Crippen LogP contribution in [0.5, 0.6) is 0 Å². The lowest BCUT2D eigenvalue weighted by Gasteiger charge is -2.05. The predicted molar refractivity (Wildman–Crippen MR) is 58.4 cm³/mol. The summed E-state index contributed by atoms with van der Waals surface area (Å²) >= 11 is 0. The summed E-state index contributed by atoms with van der Waals surface area (Å²) in [5.41, 5.74) is 0. The van der Waals surface area contributed by atoms with E-state index in [0.717, 1.165) is 0 Å². The molecule has 5 heteroatoms. The monoisotopic (exact) mass is 232 g/mol. The molecule has 0 aromatic carbocycles. The summed E-state index contributed by atoms with van der Waals surface area (Å²) in [7, 11) is 0. The minimum atomic E-state index is 0.0506. The first-order valence-electron chi connectivity index (χ1n) is 5.50. The van der Waals surface area contributed by atoms with Crippen molar-refractivity contribution in [3.63, 3.8) is 0 Å². The molecule has 0 radical (unpaired) electrons. The molecule has 1 aliphatic heterocycles. The Kier molecular flexibility index (Phi) is 7.37. The van der Waals surface area contributed by atoms with Crippen LogP contribution in [0.25, 0.3) is 0 Å². The van der Waals surface area contributed by atoms with Crippen molar-refractivity contribution >= 4 is 0 Å². The molecule has 1 fully saturated rings. The van der Waals surface area contributed by atoms with Crippen LogP contribution in [0.15, 0.2) is 12.7 Å². The molecule has 1 saturated heterocycles. The molecule has 0 spiro atoms. The van der Waals surface area contributed by atoms with Gasteiger partial charge in [-0.05, 0) is 0 Å². The van der Waals surface area contributed by atoms with E-state index in [1.807, 2.05) is 0 Å². The highest BCUT2D eigenvalue weighted by Crippen LogP contribution is 2.22. The quantitative estimate of drug-likeness (QED) is 0.308. The maximum atomic E-state index is 8.43. The van der Waals surface area contributed by atoms with Crippen molar-refractivity contribution in [1.82, 2.24) is 0 Å². The Hall–Kier alpha value is -0.460. The standard InChI is InChI=1S/C11H20O5/c1-2-10-11(16-10)9-15-8-7-14-6-5-13-4-3-12/h2,10-12H,1,3-9H2/t10-,11-/m0/s1. The van der Waals surface area contributed by atoms with E-state index in [9.17, 15) is 0 Å². The summed E-state index contributed by atoms with van der Waals surface area (Å²) in [6, 6.07) is 0. The zero-order chi connectivity index (χ0) is 11.6. The lowest BCUT2D eigenvalue weighted by molar-refractivity contribution is 0.00558. The van der Waals surface area contributed by atoms with Gasteiger partial charge in [0.2, 0.25) is 0 Å². The first-order chi connectivity index (χ1) is 7.88. The second-order valence-electron chi connectivity index (χ2n) is 3.40. The Bertz CT molecular complexity index is 185. The maximum Gasteiger partial charge on any atom is 0.111 e. The fourth-order valence-corrected chi connectivity index (χ4v) is 1.20. The molecule has 0 aromatic heterocycles. The third-order valence-corrected chi connectivity index (χ3v) is 2.12. The Balaban J connectivity index is 1.70. The molecule has 0 unspecified atom stereocenters. The fraction of sp³-hybridized carbons (Fsp3) is 0.818. The van der Waals surface area contributed by atoms with E-state index < -0.39 is 0 Å². The molecular formula is C11H20O5. The van der Waals surface area contributed by atoms with Crippen LogP contribution in [0, 0.1) is 0 Å². The summed E-state index contributed by atoms with van der Waals surface area (Å²) in [4.78, 5) is 0. The molecule has 0 bridgehead atoms. The van der Waals surface area contributed by atoms with Crippen molar-refractivity contribution in [2.75, 3.05) is 46.2 Å². The highest BCUT2D eigenvalue weighted by Gasteiger charge is 2.35. The van der Waals surface area contributed by atoms with Gasteiger partial charge in [0.15, 0.2) is 0 Å². The summed E-state index contributed by atoms with van der Waals surface area (Å²) in [5, 5.41) is 8.43. The van der Waals surface area contributed by atoms with E-state index in [4.69, 9.17) is 24.1 Å². The molecule has 1 N–H and O–H groups in total. The minimum Gasteiger partial charge on any atom is -0.394 e. The molecule has 16 heavy (non-hydrogen) atoms. The summed E-state index contributed by atoms with van der Waals surface area (Å²) in [6.07, 6.45) is 2.14. The normalized spacial score (nSPS) is 23.3. The lowest BCUT2D eigenvalue weighted by atomic mass is 10.3. The Morgan fingerprint density at radius 3 is 2.25 bits per heavy atom. The lowest BCUT2D eigenvalue weighted by Crippen LogP contribution is -2.12. The van der Waals surface area contributed by atoms with Gasteiger partial charge in [-0.25, -0.2) is 0 Å². The maximum absolute atomic E-state index is 8.43. The predicted octanol–water partition coefficient (Wildman–Crippen LogP) is -0.0181. The number of aliphatic hydroxyl groups is 1. The Morgan fingerprint density at radius 1 is 1.06 bits per heavy atom. The number of hydrogen-bond acceptors (Lipinski definition) is 5. The number of aliphatic hydroxyl groups excluding tert-OH is 1. The molecule has 5 nitrogen and oxygen atoms in total. The van der Waals surface area contributed by atoms with Crippen LogP contribution in [-0.2, 0) is 18.9 Å². The van der Waals surface area contributed by atoms with Gasteiger partial charge >= 0.3 is 0 Å². The van der Waals surface area contributed by atoms with Crippen LogP contribution in [-0.4, -0.2) is 63.6 Å². The third kappa shape index (κ3) is 6.19. The van der Waals surface area contributed by atoms with E-state index in [1.54, 1.807) is 6.08 Å². The second-order valence-corrected chi connectivity index (χ2v) is 3.40. The van der Waals surface area contributed by atoms with Gasteiger partial charge < -0.3 is 24.1 Å². The van der Waals surface area contributed by atoms with Crippen molar-refractivity contribution in [1.29, 1.82) is 0 Å². The molecule has 2 atom stereocenters. The molecule has 1 heterocycles. The van der Waals surface area contributed by atoms with Crippen LogP contribution in [0.3, 0.4) is 0 Å². The molecule has 0 amide bonds. The summed E-state index contributed by atoms with van der Waals surface area (Å²) < 4.78 is 20.8. The van der Waals surface area contributed by atoms with Crippen LogP contribution < -0.4 is 0 Å². The van der Waals surface area contributed by atoms with Crippen LogP contribution in [0.2, 0.25) is 0 Å². The van der Waals surface area contributed by atoms with Gasteiger partial charge in [0, 0.05) is 0 Å². The first kappa shape index (κ1) is 13.6. The Morgan fingerprint density at radius 2 is 1.69 bits per heavy atom. The highest BCUT2D eigenvalue weighted by atomic mass is 16.6. The van der Waals surface area contributed by atoms with E-state index in [0.29, 0.717) is 39.6 Å². The zero-order valence-electron chi connectivity index (χ0n) is 9.47. The molecule has 1 aliphatic rings. The van der Waals surface area contributed by atoms with Gasteiger partial charge in [-0.2, -0.15) is 0 Å². The van der Waals surface area contributed by atoms with Gasteiger partial charge in [-0.3, -0.25) is 0 Å². The van der Waals surface area contributed by atoms with Gasteiger partial charge in [-0.15, -0.1) is 6.58 Å². The summed E-state index contributed by atoms with van der Waals surface area (Å²) in [6.45, 7) is 6.78. The molecule has 0 aromatic rings. The van der Waals surface area contributed by atoms with Crippen LogP contribution in [0.4, 0.5) is 0 Å². The molecule has 1 rings (SSSR count). The highest BCUT2D eigenvalue weighted by molar-refractivity contribution is 4.97. The topological polar surface area (TPSA) is 60.5 Å². The molecule has 0 aliphatic carbocycles.